The Kier molecular flexibility index (Phi) is 5.72. The molecule has 0 bridgehead atoms. The summed E-state index contributed by atoms with van der Waals surface area (Å²) >= 11 is 1.29. The summed E-state index contributed by atoms with van der Waals surface area (Å²) in [5.41, 5.74) is 1.86. The van der Waals surface area contributed by atoms with Crippen LogP contribution in [0.1, 0.15) is 41.4 Å². The van der Waals surface area contributed by atoms with Gasteiger partial charge in [-0.1, -0.05) is 38.1 Å². The molecule has 0 saturated carbocycles. The number of carbonyl (C=O) groups excluding carboxylic acids is 2. The molecular weight excluding hydrogens is 298 g/mol. The van der Waals surface area contributed by atoms with Gasteiger partial charge in [0.2, 0.25) is 0 Å². The highest BCUT2D eigenvalue weighted by Crippen LogP contribution is 2.26. The molecule has 1 atom stereocenters. The third kappa shape index (κ3) is 4.18. The lowest BCUT2D eigenvalue weighted by atomic mass is 9.97. The average Bonchev–Trinajstić information content (AvgIpc) is 3.07. The molecule has 2 aromatic rings. The zero-order valence-electron chi connectivity index (χ0n) is 12.7. The van der Waals surface area contributed by atoms with Crippen LogP contribution in [0, 0.1) is 0 Å². The molecule has 0 spiro atoms. The Morgan fingerprint density at radius 3 is 2.68 bits per heavy atom. The van der Waals surface area contributed by atoms with Crippen LogP contribution in [0.5, 0.6) is 0 Å². The highest BCUT2D eigenvalue weighted by Gasteiger charge is 2.13. The molecule has 0 aliphatic heterocycles. The molecule has 1 N–H and O–H groups in total. The third-order valence-corrected chi connectivity index (χ3v) is 4.28. The van der Waals surface area contributed by atoms with Gasteiger partial charge in [-0.3, -0.25) is 4.79 Å². The SMILES string of the molecule is CC[C@H](C)c1ccccc1NC(=O)COC(=O)c1cccs1. The second-order valence-electron chi connectivity index (χ2n) is 5.00. The quantitative estimate of drug-likeness (QED) is 0.818. The van der Waals surface area contributed by atoms with Gasteiger partial charge in [0.15, 0.2) is 6.61 Å². The van der Waals surface area contributed by atoms with E-state index >= 15 is 0 Å². The molecule has 1 amide bonds. The van der Waals surface area contributed by atoms with Crippen LogP contribution in [-0.2, 0) is 9.53 Å². The summed E-state index contributed by atoms with van der Waals surface area (Å²) < 4.78 is 5.01. The molecule has 0 aliphatic rings. The van der Waals surface area contributed by atoms with E-state index in [0.29, 0.717) is 10.8 Å². The summed E-state index contributed by atoms with van der Waals surface area (Å²) in [6, 6.07) is 11.1. The Bertz CT molecular complexity index is 637. The van der Waals surface area contributed by atoms with Crippen LogP contribution in [0.2, 0.25) is 0 Å². The van der Waals surface area contributed by atoms with E-state index in [2.05, 4.69) is 19.2 Å². The van der Waals surface area contributed by atoms with E-state index < -0.39 is 5.97 Å². The van der Waals surface area contributed by atoms with Crippen LogP contribution in [0.3, 0.4) is 0 Å². The van der Waals surface area contributed by atoms with Crippen molar-refractivity contribution < 1.29 is 14.3 Å². The van der Waals surface area contributed by atoms with E-state index in [4.69, 9.17) is 4.74 Å². The van der Waals surface area contributed by atoms with Gasteiger partial charge < -0.3 is 10.1 Å². The van der Waals surface area contributed by atoms with Gasteiger partial charge in [-0.25, -0.2) is 4.79 Å². The number of thiophene rings is 1. The van der Waals surface area contributed by atoms with Gasteiger partial charge in [0.25, 0.3) is 5.91 Å². The van der Waals surface area contributed by atoms with E-state index in [1.165, 1.54) is 11.3 Å². The van der Waals surface area contributed by atoms with Gasteiger partial charge >= 0.3 is 5.97 Å². The van der Waals surface area contributed by atoms with E-state index in [9.17, 15) is 9.59 Å². The Balaban J connectivity index is 1.94. The van der Waals surface area contributed by atoms with Crippen LogP contribution >= 0.6 is 11.3 Å². The summed E-state index contributed by atoms with van der Waals surface area (Å²) in [5.74, 6) is -0.453. The summed E-state index contributed by atoms with van der Waals surface area (Å²) in [7, 11) is 0. The van der Waals surface area contributed by atoms with Crippen molar-refractivity contribution >= 4 is 28.9 Å². The third-order valence-electron chi connectivity index (χ3n) is 3.43. The van der Waals surface area contributed by atoms with E-state index in [1.807, 2.05) is 24.3 Å². The van der Waals surface area contributed by atoms with Crippen molar-refractivity contribution in [1.29, 1.82) is 0 Å². The van der Waals surface area contributed by atoms with Crippen molar-refractivity contribution in [2.75, 3.05) is 11.9 Å². The van der Waals surface area contributed by atoms with Gasteiger partial charge in [-0.05, 0) is 35.4 Å². The lowest BCUT2D eigenvalue weighted by Crippen LogP contribution is -2.21. The molecule has 0 radical (unpaired) electrons. The van der Waals surface area contributed by atoms with Crippen molar-refractivity contribution in [3.05, 3.63) is 52.2 Å². The number of ether oxygens (including phenoxy) is 1. The smallest absolute Gasteiger partial charge is 0.348 e. The Hall–Kier alpha value is -2.14. The Morgan fingerprint density at radius 1 is 1.23 bits per heavy atom. The first-order chi connectivity index (χ1) is 10.6. The summed E-state index contributed by atoms with van der Waals surface area (Å²) in [5, 5.41) is 4.60. The number of para-hydroxylation sites is 1. The fourth-order valence-electron chi connectivity index (χ4n) is 2.04. The normalized spacial score (nSPS) is 11.7. The largest absolute Gasteiger partial charge is 0.451 e. The number of carbonyl (C=O) groups is 2. The fraction of sp³-hybridized carbons (Fsp3) is 0.294. The number of benzene rings is 1. The van der Waals surface area contributed by atoms with Crippen LogP contribution in [-0.4, -0.2) is 18.5 Å². The van der Waals surface area contributed by atoms with Crippen molar-refractivity contribution in [1.82, 2.24) is 0 Å². The maximum atomic E-state index is 12.0. The lowest BCUT2D eigenvalue weighted by Gasteiger charge is -2.15. The number of nitrogens with one attached hydrogen (secondary N) is 1. The van der Waals surface area contributed by atoms with E-state index in [-0.39, 0.29) is 12.5 Å². The van der Waals surface area contributed by atoms with Gasteiger partial charge in [0.1, 0.15) is 4.88 Å². The maximum absolute atomic E-state index is 12.0. The molecule has 1 heterocycles. The second-order valence-corrected chi connectivity index (χ2v) is 5.95. The number of hydrogen-bond donors (Lipinski definition) is 1. The standard InChI is InChI=1S/C17H19NO3S/c1-3-12(2)13-7-4-5-8-14(13)18-16(19)11-21-17(20)15-9-6-10-22-15/h4-10,12H,3,11H2,1-2H3,(H,18,19)/t12-/m0/s1. The van der Waals surface area contributed by atoms with Crippen molar-refractivity contribution in [3.8, 4) is 0 Å². The Labute approximate surface area is 134 Å². The van der Waals surface area contributed by atoms with Crippen LogP contribution < -0.4 is 5.32 Å². The molecule has 5 heteroatoms. The maximum Gasteiger partial charge on any atom is 0.348 e. The molecule has 4 nitrogen and oxygen atoms in total. The molecular formula is C17H19NO3S. The van der Waals surface area contributed by atoms with Gasteiger partial charge in [-0.15, -0.1) is 11.3 Å². The van der Waals surface area contributed by atoms with Crippen LogP contribution in [0.4, 0.5) is 5.69 Å². The average molecular weight is 317 g/mol. The number of rotatable bonds is 6. The first-order valence-electron chi connectivity index (χ1n) is 7.21. The minimum atomic E-state index is -0.472. The van der Waals surface area contributed by atoms with Crippen LogP contribution in [0.15, 0.2) is 41.8 Å². The molecule has 1 aromatic heterocycles. The minimum Gasteiger partial charge on any atom is -0.451 e. The first kappa shape index (κ1) is 16.2. The Morgan fingerprint density at radius 2 is 2.00 bits per heavy atom. The molecule has 0 unspecified atom stereocenters. The summed E-state index contributed by atoms with van der Waals surface area (Å²) in [4.78, 5) is 24.2. The number of esters is 1. The minimum absolute atomic E-state index is 0.286. The molecule has 1 aromatic carbocycles. The highest BCUT2D eigenvalue weighted by molar-refractivity contribution is 7.11. The van der Waals surface area contributed by atoms with Crippen LogP contribution in [0.25, 0.3) is 0 Å². The lowest BCUT2D eigenvalue weighted by molar-refractivity contribution is -0.119. The molecule has 2 rings (SSSR count). The van der Waals surface area contributed by atoms with Gasteiger partial charge in [0, 0.05) is 5.69 Å². The number of hydrogen-bond acceptors (Lipinski definition) is 4. The molecule has 0 saturated heterocycles. The molecule has 116 valence electrons. The van der Waals surface area contributed by atoms with Gasteiger partial charge in [0.05, 0.1) is 0 Å². The molecule has 22 heavy (non-hydrogen) atoms. The second kappa shape index (κ2) is 7.75. The van der Waals surface area contributed by atoms with E-state index in [1.54, 1.807) is 17.5 Å². The fourth-order valence-corrected chi connectivity index (χ4v) is 2.66. The topological polar surface area (TPSA) is 55.4 Å². The van der Waals surface area contributed by atoms with E-state index in [0.717, 1.165) is 17.7 Å². The molecule has 0 fully saturated rings. The van der Waals surface area contributed by atoms with Crippen molar-refractivity contribution in [3.63, 3.8) is 0 Å². The zero-order chi connectivity index (χ0) is 15.9. The predicted molar refractivity (Wildman–Crippen MR) is 88.4 cm³/mol. The van der Waals surface area contributed by atoms with Gasteiger partial charge in [-0.2, -0.15) is 0 Å². The predicted octanol–water partition coefficient (Wildman–Crippen LogP) is 4.06. The number of amides is 1. The molecule has 0 aliphatic carbocycles. The summed E-state index contributed by atoms with van der Waals surface area (Å²) in [6.45, 7) is 3.93. The number of anilines is 1. The zero-order valence-corrected chi connectivity index (χ0v) is 13.5. The highest BCUT2D eigenvalue weighted by atomic mass is 32.1. The summed E-state index contributed by atoms with van der Waals surface area (Å²) in [6.07, 6.45) is 0.986. The first-order valence-corrected chi connectivity index (χ1v) is 8.09. The monoisotopic (exact) mass is 317 g/mol. The van der Waals surface area contributed by atoms with Crippen molar-refractivity contribution in [2.45, 2.75) is 26.2 Å². The van der Waals surface area contributed by atoms with Crippen molar-refractivity contribution in [2.24, 2.45) is 0 Å².